The smallest absolute Gasteiger partial charge is 0.388 e. The minimum Gasteiger partial charge on any atom is -0.393 e. The SMILES string of the molecule is Nc1ncnc2c1ncn2[C@H]1C[C@H](OP(=O)(S)OC2C[C@@H](F)[C@H](n3cnc4cncnc43)O2)C(CO)(COP(=O)(O)S)O1. The highest BCUT2D eigenvalue weighted by molar-refractivity contribution is 8.44. The van der Waals surface area contributed by atoms with Crippen LogP contribution >= 0.6 is 38.1 Å². The van der Waals surface area contributed by atoms with Crippen LogP contribution in [-0.2, 0) is 32.2 Å². The van der Waals surface area contributed by atoms with Gasteiger partial charge in [-0.3, -0.25) is 22.7 Å². The van der Waals surface area contributed by atoms with Gasteiger partial charge in [0.1, 0.15) is 41.6 Å². The normalized spacial score (nSPS) is 30.6. The fraction of sp³-hybridized carbons (Fsp3) is 0.500. The zero-order valence-corrected chi connectivity index (χ0v) is 25.3. The molecule has 4 aromatic rings. The number of thiol groups is 2. The first kappa shape index (κ1) is 30.7. The number of nitrogens with zero attached hydrogens (tertiary/aromatic N) is 8. The third kappa shape index (κ3) is 6.16. The summed E-state index contributed by atoms with van der Waals surface area (Å²) in [6.45, 7) is -10.3. The maximum absolute atomic E-state index is 15.1. The first-order chi connectivity index (χ1) is 20.4. The highest BCUT2D eigenvalue weighted by atomic mass is 32.7. The molecule has 6 rings (SSSR count). The van der Waals surface area contributed by atoms with Gasteiger partial charge in [-0.1, -0.05) is 24.5 Å². The van der Waals surface area contributed by atoms with E-state index in [0.29, 0.717) is 11.2 Å². The van der Waals surface area contributed by atoms with Crippen LogP contribution in [0.4, 0.5) is 10.2 Å². The number of aliphatic hydroxyl groups is 1. The summed E-state index contributed by atoms with van der Waals surface area (Å²) in [5.41, 5.74) is 5.28. The molecule has 4 N–H and O–H groups in total. The summed E-state index contributed by atoms with van der Waals surface area (Å²) in [6, 6.07) is 0. The van der Waals surface area contributed by atoms with Crippen molar-refractivity contribution in [3.63, 3.8) is 0 Å². The number of hydrogen-bond acceptors (Lipinski definition) is 15. The van der Waals surface area contributed by atoms with Crippen LogP contribution in [0.25, 0.3) is 22.3 Å². The number of anilines is 1. The van der Waals surface area contributed by atoms with Gasteiger partial charge in [0, 0.05) is 12.8 Å². The number of aliphatic hydroxyl groups excluding tert-OH is 1. The Morgan fingerprint density at radius 3 is 2.63 bits per heavy atom. The summed E-state index contributed by atoms with van der Waals surface area (Å²) < 4.78 is 71.1. The molecular formula is C20H24FN9O9P2S2. The third-order valence-electron chi connectivity index (χ3n) is 6.86. The van der Waals surface area contributed by atoms with E-state index in [1.54, 1.807) is 0 Å². The molecule has 2 fully saturated rings. The summed E-state index contributed by atoms with van der Waals surface area (Å²) in [7, 11) is 0. The Morgan fingerprint density at radius 1 is 1.09 bits per heavy atom. The van der Waals surface area contributed by atoms with Crippen molar-refractivity contribution in [1.29, 1.82) is 0 Å². The lowest BCUT2D eigenvalue weighted by atomic mass is 9.99. The van der Waals surface area contributed by atoms with Crippen LogP contribution in [0.5, 0.6) is 0 Å². The number of nitrogen functional groups attached to an aromatic ring is 1. The van der Waals surface area contributed by atoms with Crippen LogP contribution in [-0.4, -0.2) is 86.4 Å². The van der Waals surface area contributed by atoms with E-state index in [9.17, 15) is 19.1 Å². The monoisotopic (exact) mass is 679 g/mol. The molecule has 4 aromatic heterocycles. The lowest BCUT2D eigenvalue weighted by Crippen LogP contribution is -2.48. The van der Waals surface area contributed by atoms with Crippen LogP contribution in [0, 0.1) is 0 Å². The van der Waals surface area contributed by atoms with Crippen molar-refractivity contribution in [3.05, 3.63) is 31.5 Å². The van der Waals surface area contributed by atoms with Crippen LogP contribution in [0.2, 0.25) is 0 Å². The van der Waals surface area contributed by atoms with E-state index in [4.69, 9.17) is 28.8 Å². The Morgan fingerprint density at radius 2 is 1.86 bits per heavy atom. The summed E-state index contributed by atoms with van der Waals surface area (Å²) in [5.74, 6) is 0.105. The number of aromatic nitrogens is 8. The molecule has 2 saturated heterocycles. The first-order valence-electron chi connectivity index (χ1n) is 12.4. The van der Waals surface area contributed by atoms with Crippen molar-refractivity contribution in [2.75, 3.05) is 18.9 Å². The predicted octanol–water partition coefficient (Wildman–Crippen LogP) is 1.97. The van der Waals surface area contributed by atoms with Crippen molar-refractivity contribution < 1.29 is 46.6 Å². The standard InChI is InChI=1S/C20H24FN9O9P2S2/c21-10-1-14(36-19(10)30-8-27-11-3-23-6-25-17(11)30)39-41(34,43)38-12-2-13(37-20(12,4-31)5-35-40(32,33)42)29-9-28-15-16(22)24-7-26-18(15)29/h3,6-10,12-14,19,31H,1-2,4-5H2,(H,34,43)(H2,22,24,26)(H2,32,33,42)/t10-,12+,13-,14?,19-,20?,41?/m1/s1. The molecule has 0 saturated carbocycles. The van der Waals surface area contributed by atoms with Gasteiger partial charge in [-0.15, -0.1) is 0 Å². The molecule has 0 aliphatic carbocycles. The fourth-order valence-electron chi connectivity index (χ4n) is 4.90. The van der Waals surface area contributed by atoms with Gasteiger partial charge in [0.2, 0.25) is 0 Å². The number of halogens is 1. The van der Waals surface area contributed by atoms with Crippen LogP contribution in [0.15, 0.2) is 31.5 Å². The summed E-state index contributed by atoms with van der Waals surface area (Å²) in [6.07, 6.45) is -0.312. The highest BCUT2D eigenvalue weighted by Crippen LogP contribution is 2.60. The van der Waals surface area contributed by atoms with Crippen molar-refractivity contribution in [2.45, 2.75) is 49.5 Å². The first-order valence-corrected chi connectivity index (χ1v) is 17.8. The molecule has 43 heavy (non-hydrogen) atoms. The zero-order valence-electron chi connectivity index (χ0n) is 21.7. The molecule has 2 aliphatic rings. The molecule has 8 atom stereocenters. The molecule has 232 valence electrons. The van der Waals surface area contributed by atoms with Gasteiger partial charge >= 0.3 is 13.6 Å². The highest BCUT2D eigenvalue weighted by Gasteiger charge is 2.54. The molecule has 0 bridgehead atoms. The average Bonchev–Trinajstić information content (AvgIpc) is 3.71. The summed E-state index contributed by atoms with van der Waals surface area (Å²) in [5, 5.41) is 10.4. The molecule has 0 aromatic carbocycles. The predicted molar refractivity (Wildman–Crippen MR) is 150 cm³/mol. The van der Waals surface area contributed by atoms with E-state index in [-0.39, 0.29) is 29.8 Å². The lowest BCUT2D eigenvalue weighted by molar-refractivity contribution is -0.145. The Kier molecular flexibility index (Phi) is 8.27. The van der Waals surface area contributed by atoms with E-state index < -0.39 is 63.4 Å². The minimum atomic E-state index is -4.40. The van der Waals surface area contributed by atoms with Crippen LogP contribution in [0.3, 0.4) is 0 Å². The van der Waals surface area contributed by atoms with E-state index in [2.05, 4.69) is 54.4 Å². The quantitative estimate of drug-likeness (QED) is 0.119. The molecule has 23 heteroatoms. The van der Waals surface area contributed by atoms with Gasteiger partial charge in [-0.05, 0) is 0 Å². The van der Waals surface area contributed by atoms with Crippen molar-refractivity contribution >= 4 is 66.2 Å². The van der Waals surface area contributed by atoms with Crippen molar-refractivity contribution in [2.24, 2.45) is 0 Å². The number of nitrogens with two attached hydrogens (primary N) is 1. The number of alkyl halides is 1. The van der Waals surface area contributed by atoms with Gasteiger partial charge in [0.15, 0.2) is 35.8 Å². The van der Waals surface area contributed by atoms with E-state index >= 15 is 4.39 Å². The number of imidazole rings is 2. The van der Waals surface area contributed by atoms with E-state index in [1.807, 2.05) is 0 Å². The minimum absolute atomic E-state index is 0.105. The van der Waals surface area contributed by atoms with E-state index in [0.717, 1.165) is 0 Å². The summed E-state index contributed by atoms with van der Waals surface area (Å²) >= 11 is 7.57. The lowest BCUT2D eigenvalue weighted by Gasteiger charge is -2.33. The molecule has 2 aliphatic heterocycles. The second kappa shape index (κ2) is 11.6. The maximum atomic E-state index is 15.1. The van der Waals surface area contributed by atoms with Gasteiger partial charge < -0.3 is 25.2 Å². The number of fused-ring (bicyclic) bond motifs is 2. The topological polar surface area (TPSA) is 234 Å². The third-order valence-corrected chi connectivity index (χ3v) is 9.26. The largest absolute Gasteiger partial charge is 0.393 e. The molecule has 0 amide bonds. The zero-order chi connectivity index (χ0) is 30.6. The number of ether oxygens (including phenoxy) is 2. The molecule has 18 nitrogen and oxygen atoms in total. The molecule has 0 radical (unpaired) electrons. The van der Waals surface area contributed by atoms with Crippen molar-refractivity contribution in [1.82, 2.24) is 39.0 Å². The number of rotatable bonds is 10. The summed E-state index contributed by atoms with van der Waals surface area (Å²) in [4.78, 5) is 33.9. The molecule has 4 unspecified atom stereocenters. The second-order valence-electron chi connectivity index (χ2n) is 9.64. The Labute approximate surface area is 251 Å². The van der Waals surface area contributed by atoms with Gasteiger partial charge in [0.05, 0.1) is 32.1 Å². The fourth-order valence-corrected chi connectivity index (χ4v) is 7.20. The number of hydrogen-bond donors (Lipinski definition) is 5. The maximum Gasteiger partial charge on any atom is 0.388 e. The average molecular weight is 680 g/mol. The molecular weight excluding hydrogens is 655 g/mol. The van der Waals surface area contributed by atoms with Gasteiger partial charge in [-0.25, -0.2) is 43.4 Å². The van der Waals surface area contributed by atoms with Crippen molar-refractivity contribution in [3.8, 4) is 0 Å². The van der Waals surface area contributed by atoms with Crippen LogP contribution < -0.4 is 5.73 Å². The second-order valence-corrected chi connectivity index (χ2v) is 15.2. The van der Waals surface area contributed by atoms with E-state index in [1.165, 1.54) is 40.6 Å². The Balaban J connectivity index is 1.22. The molecule has 0 spiro atoms. The van der Waals surface area contributed by atoms with Gasteiger partial charge in [-0.2, -0.15) is 0 Å². The Hall–Kier alpha value is -2.29. The van der Waals surface area contributed by atoms with Crippen LogP contribution in [0.1, 0.15) is 25.3 Å². The molecule has 6 heterocycles. The Bertz CT molecular complexity index is 1750. The van der Waals surface area contributed by atoms with Gasteiger partial charge in [0.25, 0.3) is 0 Å².